The van der Waals surface area contributed by atoms with Gasteiger partial charge in [-0.05, 0) is 24.5 Å². The zero-order valence-corrected chi connectivity index (χ0v) is 7.59. The minimum atomic E-state index is 0.536. The minimum absolute atomic E-state index is 0.536. The Bertz CT molecular complexity index is 216. The maximum atomic E-state index is 5.44. The third-order valence-electron chi connectivity index (χ3n) is 1.91. The van der Waals surface area contributed by atoms with Crippen LogP contribution in [0.3, 0.4) is 0 Å². The van der Waals surface area contributed by atoms with Crippen molar-refractivity contribution in [2.45, 2.75) is 32.7 Å². The molecular weight excluding hydrogens is 148 g/mol. The third-order valence-corrected chi connectivity index (χ3v) is 1.91. The van der Waals surface area contributed by atoms with Crippen LogP contribution >= 0.6 is 0 Å². The van der Waals surface area contributed by atoms with E-state index in [4.69, 9.17) is 5.73 Å². The number of unbranched alkanes of at least 4 members (excludes halogenated alkanes) is 1. The van der Waals surface area contributed by atoms with E-state index in [-0.39, 0.29) is 0 Å². The Morgan fingerprint density at radius 3 is 2.75 bits per heavy atom. The molecule has 0 radical (unpaired) electrons. The van der Waals surface area contributed by atoms with Crippen LogP contribution in [0.25, 0.3) is 0 Å². The molecule has 0 saturated carbocycles. The van der Waals surface area contributed by atoms with Crippen molar-refractivity contribution in [3.8, 4) is 0 Å². The zero-order valence-electron chi connectivity index (χ0n) is 7.59. The van der Waals surface area contributed by atoms with Crippen LogP contribution in [-0.2, 0) is 13.0 Å². The predicted octanol–water partition coefficient (Wildman–Crippen LogP) is 1.88. The van der Waals surface area contributed by atoms with Crippen LogP contribution in [0.5, 0.6) is 0 Å². The quantitative estimate of drug-likeness (QED) is 0.738. The molecule has 1 aromatic heterocycles. The first-order valence-corrected chi connectivity index (χ1v) is 4.50. The molecule has 0 atom stereocenters. The van der Waals surface area contributed by atoms with Gasteiger partial charge in [-0.1, -0.05) is 19.4 Å². The first kappa shape index (κ1) is 9.20. The van der Waals surface area contributed by atoms with Gasteiger partial charge in [0.25, 0.3) is 0 Å². The van der Waals surface area contributed by atoms with Crippen LogP contribution in [-0.4, -0.2) is 4.98 Å². The van der Waals surface area contributed by atoms with Gasteiger partial charge in [-0.15, -0.1) is 0 Å². The standard InChI is InChI=1S/C10H16N2/c1-2-3-4-9-5-6-10(7-11)12-8-9/h5-6,8H,2-4,7,11H2,1H3. The summed E-state index contributed by atoms with van der Waals surface area (Å²) in [5.74, 6) is 0. The first-order valence-electron chi connectivity index (χ1n) is 4.50. The maximum Gasteiger partial charge on any atom is 0.0539 e. The van der Waals surface area contributed by atoms with Gasteiger partial charge in [0.2, 0.25) is 0 Å². The van der Waals surface area contributed by atoms with Crippen molar-refractivity contribution in [1.82, 2.24) is 4.98 Å². The number of nitrogens with two attached hydrogens (primary N) is 1. The summed E-state index contributed by atoms with van der Waals surface area (Å²) < 4.78 is 0. The summed E-state index contributed by atoms with van der Waals surface area (Å²) in [5, 5.41) is 0. The molecule has 0 aliphatic heterocycles. The molecule has 66 valence electrons. The molecule has 1 aromatic rings. The average molecular weight is 164 g/mol. The molecular formula is C10H16N2. The molecule has 0 aliphatic carbocycles. The topological polar surface area (TPSA) is 38.9 Å². The number of hydrogen-bond acceptors (Lipinski definition) is 2. The molecule has 0 spiro atoms. The van der Waals surface area contributed by atoms with Gasteiger partial charge in [0.15, 0.2) is 0 Å². The summed E-state index contributed by atoms with van der Waals surface area (Å²) >= 11 is 0. The van der Waals surface area contributed by atoms with Gasteiger partial charge in [0.1, 0.15) is 0 Å². The monoisotopic (exact) mass is 164 g/mol. The second kappa shape index (κ2) is 4.88. The Labute approximate surface area is 73.8 Å². The van der Waals surface area contributed by atoms with Crippen LogP contribution in [0.4, 0.5) is 0 Å². The molecule has 1 heterocycles. The van der Waals surface area contributed by atoms with E-state index in [0.717, 1.165) is 12.1 Å². The highest BCUT2D eigenvalue weighted by Crippen LogP contribution is 2.04. The smallest absolute Gasteiger partial charge is 0.0539 e. The fourth-order valence-electron chi connectivity index (χ4n) is 1.10. The van der Waals surface area contributed by atoms with Gasteiger partial charge in [-0.3, -0.25) is 4.98 Å². The Morgan fingerprint density at radius 1 is 1.42 bits per heavy atom. The summed E-state index contributed by atoms with van der Waals surface area (Å²) in [6, 6.07) is 4.12. The lowest BCUT2D eigenvalue weighted by atomic mass is 10.1. The summed E-state index contributed by atoms with van der Waals surface area (Å²) in [6.45, 7) is 2.73. The van der Waals surface area contributed by atoms with Gasteiger partial charge in [0, 0.05) is 12.7 Å². The van der Waals surface area contributed by atoms with Crippen LogP contribution in [0.1, 0.15) is 31.0 Å². The van der Waals surface area contributed by atoms with E-state index in [2.05, 4.69) is 18.0 Å². The van der Waals surface area contributed by atoms with E-state index in [1.54, 1.807) is 0 Å². The van der Waals surface area contributed by atoms with Crippen LogP contribution in [0.2, 0.25) is 0 Å². The van der Waals surface area contributed by atoms with Crippen molar-refractivity contribution in [2.75, 3.05) is 0 Å². The van der Waals surface area contributed by atoms with Gasteiger partial charge >= 0.3 is 0 Å². The largest absolute Gasteiger partial charge is 0.325 e. The SMILES string of the molecule is CCCCc1ccc(CN)nc1. The van der Waals surface area contributed by atoms with E-state index >= 15 is 0 Å². The molecule has 0 aliphatic rings. The van der Waals surface area contributed by atoms with Gasteiger partial charge in [0.05, 0.1) is 5.69 Å². The second-order valence-corrected chi connectivity index (χ2v) is 2.97. The van der Waals surface area contributed by atoms with Crippen LogP contribution in [0, 0.1) is 0 Å². The molecule has 0 aromatic carbocycles. The molecule has 2 N–H and O–H groups in total. The number of aryl methyl sites for hydroxylation is 1. The molecule has 0 unspecified atom stereocenters. The fraction of sp³-hybridized carbons (Fsp3) is 0.500. The molecule has 1 rings (SSSR count). The van der Waals surface area contributed by atoms with Crippen LogP contribution < -0.4 is 5.73 Å². The maximum absolute atomic E-state index is 5.44. The van der Waals surface area contributed by atoms with Crippen molar-refractivity contribution >= 4 is 0 Å². The predicted molar refractivity (Wildman–Crippen MR) is 50.7 cm³/mol. The number of hydrogen-bond donors (Lipinski definition) is 1. The molecule has 2 nitrogen and oxygen atoms in total. The number of aromatic nitrogens is 1. The molecule has 0 bridgehead atoms. The Balaban J connectivity index is 2.53. The molecule has 12 heavy (non-hydrogen) atoms. The highest BCUT2D eigenvalue weighted by Gasteiger charge is 1.93. The van der Waals surface area contributed by atoms with E-state index in [1.807, 2.05) is 12.3 Å². The lowest BCUT2D eigenvalue weighted by Gasteiger charge is -1.99. The normalized spacial score (nSPS) is 10.2. The average Bonchev–Trinajstić information content (AvgIpc) is 2.15. The van der Waals surface area contributed by atoms with Crippen molar-refractivity contribution in [3.63, 3.8) is 0 Å². The van der Waals surface area contributed by atoms with Crippen molar-refractivity contribution in [3.05, 3.63) is 29.6 Å². The summed E-state index contributed by atoms with van der Waals surface area (Å²) in [7, 11) is 0. The molecule has 2 heteroatoms. The lowest BCUT2D eigenvalue weighted by Crippen LogP contribution is -1.99. The summed E-state index contributed by atoms with van der Waals surface area (Å²) in [4.78, 5) is 4.23. The van der Waals surface area contributed by atoms with Crippen molar-refractivity contribution < 1.29 is 0 Å². The van der Waals surface area contributed by atoms with Gasteiger partial charge in [-0.25, -0.2) is 0 Å². The number of pyridine rings is 1. The van der Waals surface area contributed by atoms with Crippen molar-refractivity contribution in [2.24, 2.45) is 5.73 Å². The number of nitrogens with zero attached hydrogens (tertiary/aromatic N) is 1. The van der Waals surface area contributed by atoms with E-state index < -0.39 is 0 Å². The van der Waals surface area contributed by atoms with E-state index in [9.17, 15) is 0 Å². The van der Waals surface area contributed by atoms with Gasteiger partial charge < -0.3 is 5.73 Å². The zero-order chi connectivity index (χ0) is 8.81. The van der Waals surface area contributed by atoms with Crippen molar-refractivity contribution in [1.29, 1.82) is 0 Å². The third kappa shape index (κ3) is 2.62. The Hall–Kier alpha value is -0.890. The van der Waals surface area contributed by atoms with E-state index in [0.29, 0.717) is 6.54 Å². The van der Waals surface area contributed by atoms with E-state index in [1.165, 1.54) is 18.4 Å². The second-order valence-electron chi connectivity index (χ2n) is 2.97. The lowest BCUT2D eigenvalue weighted by molar-refractivity contribution is 0.790. The van der Waals surface area contributed by atoms with Gasteiger partial charge in [-0.2, -0.15) is 0 Å². The Kier molecular flexibility index (Phi) is 3.74. The highest BCUT2D eigenvalue weighted by molar-refractivity contribution is 5.13. The van der Waals surface area contributed by atoms with Crippen LogP contribution in [0.15, 0.2) is 18.3 Å². The molecule has 0 saturated heterocycles. The fourth-order valence-corrected chi connectivity index (χ4v) is 1.10. The summed E-state index contributed by atoms with van der Waals surface area (Å²) in [6.07, 6.45) is 5.54. The minimum Gasteiger partial charge on any atom is -0.325 e. The molecule has 0 amide bonds. The highest BCUT2D eigenvalue weighted by atomic mass is 14.7. The Morgan fingerprint density at radius 2 is 2.25 bits per heavy atom. The summed E-state index contributed by atoms with van der Waals surface area (Å²) in [5.41, 5.74) is 7.72. The number of rotatable bonds is 4. The molecule has 0 fully saturated rings. The first-order chi connectivity index (χ1) is 5.86.